The van der Waals surface area contributed by atoms with Gasteiger partial charge in [-0.15, -0.1) is 0 Å². The second kappa shape index (κ2) is 7.98. The molecule has 1 heterocycles. The molecule has 6 heteroatoms. The van der Waals surface area contributed by atoms with Gasteiger partial charge in [0.25, 0.3) is 5.91 Å². The van der Waals surface area contributed by atoms with E-state index in [1.54, 1.807) is 18.1 Å². The number of amides is 1. The second-order valence-electron chi connectivity index (χ2n) is 5.75. The molecule has 2 aromatic carbocycles. The van der Waals surface area contributed by atoms with Crippen LogP contribution in [0.25, 0.3) is 0 Å². The summed E-state index contributed by atoms with van der Waals surface area (Å²) in [7, 11) is 1.60. The zero-order valence-corrected chi connectivity index (χ0v) is 14.0. The van der Waals surface area contributed by atoms with Crippen LogP contribution in [0.2, 0.25) is 0 Å². The van der Waals surface area contributed by atoms with Crippen molar-refractivity contribution in [2.45, 2.75) is 6.10 Å². The zero-order valence-electron chi connectivity index (χ0n) is 14.0. The van der Waals surface area contributed by atoms with Crippen LogP contribution in [-0.2, 0) is 4.74 Å². The summed E-state index contributed by atoms with van der Waals surface area (Å²) in [5, 5.41) is 0. The van der Waals surface area contributed by atoms with Gasteiger partial charge in [0.1, 0.15) is 23.4 Å². The van der Waals surface area contributed by atoms with Gasteiger partial charge in [-0.3, -0.25) is 4.79 Å². The van der Waals surface area contributed by atoms with Crippen molar-refractivity contribution in [3.8, 4) is 11.5 Å². The standard InChI is InChI=1S/C19H20FNO4/c1-23-16-5-7-17(8-6-16)25-18-12-21(9-10-24-13-18)19(22)14-3-2-4-15(20)11-14/h2-8,11,18H,9-10,12-13H2,1H3/t18-/m1/s1. The van der Waals surface area contributed by atoms with Crippen LogP contribution in [-0.4, -0.2) is 50.3 Å². The Hall–Kier alpha value is -2.60. The van der Waals surface area contributed by atoms with Gasteiger partial charge < -0.3 is 19.1 Å². The molecule has 1 aliphatic heterocycles. The highest BCUT2D eigenvalue weighted by Crippen LogP contribution is 2.19. The number of hydrogen-bond donors (Lipinski definition) is 0. The van der Waals surface area contributed by atoms with E-state index in [0.29, 0.717) is 37.6 Å². The maximum atomic E-state index is 13.4. The number of nitrogens with zero attached hydrogens (tertiary/aromatic N) is 1. The lowest BCUT2D eigenvalue weighted by molar-refractivity contribution is 0.0651. The molecule has 1 fully saturated rings. The first-order valence-corrected chi connectivity index (χ1v) is 8.09. The number of benzene rings is 2. The van der Waals surface area contributed by atoms with Gasteiger partial charge in [-0.25, -0.2) is 4.39 Å². The van der Waals surface area contributed by atoms with E-state index in [0.717, 1.165) is 5.75 Å². The van der Waals surface area contributed by atoms with E-state index in [9.17, 15) is 9.18 Å². The normalized spacial score (nSPS) is 17.7. The van der Waals surface area contributed by atoms with E-state index in [1.165, 1.54) is 18.2 Å². The Morgan fingerprint density at radius 3 is 2.68 bits per heavy atom. The number of methoxy groups -OCH3 is 1. The summed E-state index contributed by atoms with van der Waals surface area (Å²) < 4.78 is 30.0. The molecule has 1 aliphatic rings. The summed E-state index contributed by atoms with van der Waals surface area (Å²) in [6, 6.07) is 12.9. The molecule has 2 aromatic rings. The lowest BCUT2D eigenvalue weighted by Crippen LogP contribution is -2.40. The topological polar surface area (TPSA) is 48.0 Å². The first kappa shape index (κ1) is 17.2. The summed E-state index contributed by atoms with van der Waals surface area (Å²) in [6.07, 6.45) is -0.298. The molecule has 1 saturated heterocycles. The molecule has 0 aliphatic carbocycles. The average molecular weight is 345 g/mol. The average Bonchev–Trinajstić information content (AvgIpc) is 2.87. The minimum atomic E-state index is -0.428. The lowest BCUT2D eigenvalue weighted by atomic mass is 10.2. The van der Waals surface area contributed by atoms with Crippen molar-refractivity contribution in [1.82, 2.24) is 4.90 Å². The third-order valence-electron chi connectivity index (χ3n) is 3.95. The van der Waals surface area contributed by atoms with Crippen LogP contribution in [0.4, 0.5) is 4.39 Å². The molecule has 132 valence electrons. The van der Waals surface area contributed by atoms with Crippen molar-refractivity contribution < 1.29 is 23.4 Å². The smallest absolute Gasteiger partial charge is 0.254 e. The van der Waals surface area contributed by atoms with Crippen molar-refractivity contribution >= 4 is 5.91 Å². The zero-order chi connectivity index (χ0) is 17.6. The lowest BCUT2D eigenvalue weighted by Gasteiger charge is -2.24. The van der Waals surface area contributed by atoms with Crippen molar-refractivity contribution in [3.63, 3.8) is 0 Å². The molecule has 0 bridgehead atoms. The number of rotatable bonds is 4. The summed E-state index contributed by atoms with van der Waals surface area (Å²) in [4.78, 5) is 14.3. The molecule has 3 rings (SSSR count). The van der Waals surface area contributed by atoms with Crippen molar-refractivity contribution in [2.75, 3.05) is 33.4 Å². The van der Waals surface area contributed by atoms with E-state index in [1.807, 2.05) is 24.3 Å². The fourth-order valence-electron chi connectivity index (χ4n) is 2.69. The molecular weight excluding hydrogens is 325 g/mol. The Morgan fingerprint density at radius 1 is 1.20 bits per heavy atom. The molecular formula is C19H20FNO4. The van der Waals surface area contributed by atoms with E-state index in [-0.39, 0.29) is 12.0 Å². The molecule has 0 unspecified atom stereocenters. The first-order chi connectivity index (χ1) is 12.2. The van der Waals surface area contributed by atoms with Crippen molar-refractivity contribution in [2.24, 2.45) is 0 Å². The largest absolute Gasteiger partial charge is 0.497 e. The fourth-order valence-corrected chi connectivity index (χ4v) is 2.69. The first-order valence-electron chi connectivity index (χ1n) is 8.09. The fraction of sp³-hybridized carbons (Fsp3) is 0.316. The third-order valence-corrected chi connectivity index (χ3v) is 3.95. The van der Waals surface area contributed by atoms with Gasteiger partial charge in [0, 0.05) is 12.1 Å². The Morgan fingerprint density at radius 2 is 1.96 bits per heavy atom. The van der Waals surface area contributed by atoms with E-state index in [2.05, 4.69) is 0 Å². The number of carbonyl (C=O) groups is 1. The van der Waals surface area contributed by atoms with Gasteiger partial charge in [-0.1, -0.05) is 6.07 Å². The Bertz CT molecular complexity index is 720. The van der Waals surface area contributed by atoms with Crippen LogP contribution >= 0.6 is 0 Å². The van der Waals surface area contributed by atoms with Gasteiger partial charge >= 0.3 is 0 Å². The van der Waals surface area contributed by atoms with Gasteiger partial charge in [-0.05, 0) is 42.5 Å². The van der Waals surface area contributed by atoms with Crippen LogP contribution in [0.1, 0.15) is 10.4 Å². The SMILES string of the molecule is COc1ccc(O[C@H]2COCCN(C(=O)c3cccc(F)c3)C2)cc1. The van der Waals surface area contributed by atoms with Gasteiger partial charge in [0.05, 0.1) is 26.9 Å². The molecule has 1 atom stereocenters. The molecule has 0 saturated carbocycles. The monoisotopic (exact) mass is 345 g/mol. The number of halogens is 1. The van der Waals surface area contributed by atoms with Crippen LogP contribution in [0.5, 0.6) is 11.5 Å². The van der Waals surface area contributed by atoms with Gasteiger partial charge in [-0.2, -0.15) is 0 Å². The van der Waals surface area contributed by atoms with Gasteiger partial charge in [0.15, 0.2) is 0 Å². The predicted molar refractivity (Wildman–Crippen MR) is 90.5 cm³/mol. The van der Waals surface area contributed by atoms with Crippen molar-refractivity contribution in [3.05, 3.63) is 59.9 Å². The summed E-state index contributed by atoms with van der Waals surface area (Å²) in [6.45, 7) is 1.63. The van der Waals surface area contributed by atoms with Crippen LogP contribution in [0, 0.1) is 5.82 Å². The van der Waals surface area contributed by atoms with Crippen LogP contribution < -0.4 is 9.47 Å². The maximum absolute atomic E-state index is 13.4. The molecule has 25 heavy (non-hydrogen) atoms. The van der Waals surface area contributed by atoms with E-state index < -0.39 is 5.82 Å². The van der Waals surface area contributed by atoms with Crippen molar-refractivity contribution in [1.29, 1.82) is 0 Å². The minimum absolute atomic E-state index is 0.228. The minimum Gasteiger partial charge on any atom is -0.497 e. The van der Waals surface area contributed by atoms with Gasteiger partial charge in [0.2, 0.25) is 0 Å². The van der Waals surface area contributed by atoms with Crippen LogP contribution in [0.3, 0.4) is 0 Å². The molecule has 0 N–H and O–H groups in total. The van der Waals surface area contributed by atoms with E-state index in [4.69, 9.17) is 14.2 Å². The molecule has 0 aromatic heterocycles. The molecule has 1 amide bonds. The Kier molecular flexibility index (Phi) is 5.50. The summed E-state index contributed by atoms with van der Waals surface area (Å²) >= 11 is 0. The highest BCUT2D eigenvalue weighted by molar-refractivity contribution is 5.94. The highest BCUT2D eigenvalue weighted by atomic mass is 19.1. The van der Waals surface area contributed by atoms with Crippen LogP contribution in [0.15, 0.2) is 48.5 Å². The summed E-state index contributed by atoms with van der Waals surface area (Å²) in [5.74, 6) is 0.762. The number of carbonyl (C=O) groups excluding carboxylic acids is 1. The predicted octanol–water partition coefficient (Wildman–Crippen LogP) is 2.75. The Labute approximate surface area is 145 Å². The molecule has 0 radical (unpaired) electrons. The Balaban J connectivity index is 1.68. The number of ether oxygens (including phenoxy) is 3. The molecule has 5 nitrogen and oxygen atoms in total. The van der Waals surface area contributed by atoms with E-state index >= 15 is 0 Å². The number of hydrogen-bond acceptors (Lipinski definition) is 4. The summed E-state index contributed by atoms with van der Waals surface area (Å²) in [5.41, 5.74) is 0.324. The second-order valence-corrected chi connectivity index (χ2v) is 5.75. The maximum Gasteiger partial charge on any atom is 0.254 e. The highest BCUT2D eigenvalue weighted by Gasteiger charge is 2.24. The molecule has 0 spiro atoms. The third kappa shape index (κ3) is 4.48. The quantitative estimate of drug-likeness (QED) is 0.855.